The van der Waals surface area contributed by atoms with Crippen molar-refractivity contribution in [2.45, 2.75) is 52.2 Å². The quantitative estimate of drug-likeness (QED) is 0.862. The van der Waals surface area contributed by atoms with E-state index in [1.807, 2.05) is 6.07 Å². The number of nitrogens with one attached hydrogen (secondary N) is 2. The van der Waals surface area contributed by atoms with Gasteiger partial charge in [0.15, 0.2) is 0 Å². The third-order valence-corrected chi connectivity index (χ3v) is 5.37. The lowest BCUT2D eigenvalue weighted by molar-refractivity contribution is 0.221. The number of likely N-dealkylation sites (tertiary alicyclic amines) is 1. The Morgan fingerprint density at radius 3 is 2.72 bits per heavy atom. The second-order valence-electron chi connectivity index (χ2n) is 8.01. The van der Waals surface area contributed by atoms with Crippen LogP contribution in [0.1, 0.15) is 44.2 Å². The van der Waals surface area contributed by atoms with Gasteiger partial charge in [0.05, 0.1) is 0 Å². The molecule has 1 aromatic rings. The number of rotatable bonds is 5. The van der Waals surface area contributed by atoms with E-state index in [1.165, 1.54) is 17.5 Å². The van der Waals surface area contributed by atoms with Crippen molar-refractivity contribution in [3.63, 3.8) is 0 Å². The minimum absolute atomic E-state index is 0.0661. The van der Waals surface area contributed by atoms with Gasteiger partial charge in [0.1, 0.15) is 0 Å². The number of fused-ring (bicyclic) bond motifs is 1. The molecule has 0 unspecified atom stereocenters. The Balaban J connectivity index is 1.56. The molecule has 0 atom stereocenters. The van der Waals surface area contributed by atoms with E-state index < -0.39 is 0 Å². The van der Waals surface area contributed by atoms with Gasteiger partial charge in [-0.15, -0.1) is 0 Å². The van der Waals surface area contributed by atoms with Crippen LogP contribution in [-0.2, 0) is 13.1 Å². The molecule has 5 heteroatoms. The minimum atomic E-state index is -0.0661. The molecule has 0 bridgehead atoms. The number of hydrogen-bond donors (Lipinski definition) is 2. The molecule has 0 aliphatic carbocycles. The van der Waals surface area contributed by atoms with Crippen molar-refractivity contribution >= 4 is 11.7 Å². The van der Waals surface area contributed by atoms with Crippen LogP contribution in [0.5, 0.6) is 0 Å². The van der Waals surface area contributed by atoms with Gasteiger partial charge in [-0.05, 0) is 69.1 Å². The Hall–Kier alpha value is -1.59. The van der Waals surface area contributed by atoms with Gasteiger partial charge in [0.2, 0.25) is 0 Å². The Morgan fingerprint density at radius 2 is 2.00 bits per heavy atom. The molecular weight excluding hydrogens is 312 g/mol. The van der Waals surface area contributed by atoms with Crippen LogP contribution in [0.3, 0.4) is 0 Å². The van der Waals surface area contributed by atoms with Crippen molar-refractivity contribution in [3.8, 4) is 0 Å². The van der Waals surface area contributed by atoms with Gasteiger partial charge in [-0.3, -0.25) is 4.90 Å². The van der Waals surface area contributed by atoms with Crippen molar-refractivity contribution in [3.05, 3.63) is 29.3 Å². The molecule has 2 amide bonds. The van der Waals surface area contributed by atoms with E-state index >= 15 is 0 Å². The zero-order valence-electron chi connectivity index (χ0n) is 15.8. The maximum absolute atomic E-state index is 12.4. The maximum Gasteiger partial charge on any atom is 0.319 e. The van der Waals surface area contributed by atoms with E-state index in [0.29, 0.717) is 0 Å². The summed E-state index contributed by atoms with van der Waals surface area (Å²) in [5.74, 6) is 0.724. The zero-order chi connectivity index (χ0) is 17.8. The van der Waals surface area contributed by atoms with Gasteiger partial charge in [0, 0.05) is 24.8 Å². The van der Waals surface area contributed by atoms with Crippen molar-refractivity contribution in [2.75, 3.05) is 32.0 Å². The van der Waals surface area contributed by atoms with E-state index in [4.69, 9.17) is 0 Å². The first-order valence-electron chi connectivity index (χ1n) is 9.60. The number of nitrogens with zero attached hydrogens (tertiary/aromatic N) is 2. The van der Waals surface area contributed by atoms with Gasteiger partial charge < -0.3 is 15.5 Å². The Kier molecular flexibility index (Phi) is 5.97. The first kappa shape index (κ1) is 18.2. The van der Waals surface area contributed by atoms with Crippen molar-refractivity contribution in [2.24, 2.45) is 5.92 Å². The summed E-state index contributed by atoms with van der Waals surface area (Å²) >= 11 is 0. The van der Waals surface area contributed by atoms with Crippen LogP contribution in [0.4, 0.5) is 10.5 Å². The molecule has 0 spiro atoms. The molecule has 2 N–H and O–H groups in total. The van der Waals surface area contributed by atoms with Crippen molar-refractivity contribution in [1.82, 2.24) is 15.1 Å². The lowest BCUT2D eigenvalue weighted by Gasteiger charge is -2.29. The molecule has 2 aliphatic rings. The monoisotopic (exact) mass is 344 g/mol. The van der Waals surface area contributed by atoms with Crippen LogP contribution in [0, 0.1) is 5.92 Å². The lowest BCUT2D eigenvalue weighted by Crippen LogP contribution is -2.44. The number of anilines is 1. The minimum Gasteiger partial charge on any atom is -0.335 e. The zero-order valence-corrected chi connectivity index (χ0v) is 15.8. The van der Waals surface area contributed by atoms with Gasteiger partial charge in [-0.2, -0.15) is 0 Å². The van der Waals surface area contributed by atoms with E-state index in [1.54, 1.807) is 0 Å². The highest BCUT2D eigenvalue weighted by Gasteiger charge is 2.23. The summed E-state index contributed by atoms with van der Waals surface area (Å²) in [7, 11) is 2.13. The summed E-state index contributed by atoms with van der Waals surface area (Å²) in [5, 5.41) is 6.24. The SMILES string of the molecule is CC(C)CCN1Cc2cccc(NC(=O)NC3CCN(C)CC3)c2C1. The van der Waals surface area contributed by atoms with Crippen LogP contribution in [0.25, 0.3) is 0 Å². The Bertz CT molecular complexity index is 593. The molecule has 1 aromatic carbocycles. The summed E-state index contributed by atoms with van der Waals surface area (Å²) in [5.41, 5.74) is 3.60. The molecule has 5 nitrogen and oxygen atoms in total. The van der Waals surface area contributed by atoms with E-state index in [0.717, 1.165) is 57.2 Å². The fourth-order valence-corrected chi connectivity index (χ4v) is 3.70. The molecule has 0 aromatic heterocycles. The molecule has 2 heterocycles. The average Bonchev–Trinajstić information content (AvgIpc) is 2.99. The maximum atomic E-state index is 12.4. The van der Waals surface area contributed by atoms with Crippen molar-refractivity contribution in [1.29, 1.82) is 0 Å². The van der Waals surface area contributed by atoms with Crippen LogP contribution in [0.2, 0.25) is 0 Å². The number of urea groups is 1. The van der Waals surface area contributed by atoms with E-state index in [2.05, 4.69) is 53.5 Å². The number of piperidine rings is 1. The standard InChI is InChI=1S/C20H32N4O/c1-15(2)7-12-24-13-16-5-4-6-19(18(16)14-24)22-20(25)21-17-8-10-23(3)11-9-17/h4-6,15,17H,7-14H2,1-3H3,(H2,21,22,25). The summed E-state index contributed by atoms with van der Waals surface area (Å²) in [6.07, 6.45) is 3.27. The van der Waals surface area contributed by atoms with Gasteiger partial charge in [-0.25, -0.2) is 4.79 Å². The highest BCUT2D eigenvalue weighted by molar-refractivity contribution is 5.90. The summed E-state index contributed by atoms with van der Waals surface area (Å²) < 4.78 is 0. The first-order chi connectivity index (χ1) is 12.0. The predicted octanol–water partition coefficient (Wildman–Crippen LogP) is 3.26. The average molecular weight is 345 g/mol. The van der Waals surface area contributed by atoms with Gasteiger partial charge in [-0.1, -0.05) is 26.0 Å². The molecule has 138 valence electrons. The van der Waals surface area contributed by atoms with E-state index in [9.17, 15) is 4.79 Å². The third-order valence-electron chi connectivity index (χ3n) is 5.37. The number of benzene rings is 1. The highest BCUT2D eigenvalue weighted by atomic mass is 16.2. The fourth-order valence-electron chi connectivity index (χ4n) is 3.70. The van der Waals surface area contributed by atoms with Crippen LogP contribution >= 0.6 is 0 Å². The molecule has 0 saturated carbocycles. The largest absolute Gasteiger partial charge is 0.335 e. The molecule has 1 saturated heterocycles. The number of carbonyl (C=O) groups is 1. The highest BCUT2D eigenvalue weighted by Crippen LogP contribution is 2.29. The number of hydrogen-bond acceptors (Lipinski definition) is 3. The third kappa shape index (κ3) is 4.95. The van der Waals surface area contributed by atoms with Crippen LogP contribution < -0.4 is 10.6 Å². The lowest BCUT2D eigenvalue weighted by atomic mass is 10.1. The second-order valence-corrected chi connectivity index (χ2v) is 8.01. The van der Waals surface area contributed by atoms with Crippen LogP contribution in [0.15, 0.2) is 18.2 Å². The molecular formula is C20H32N4O. The van der Waals surface area contributed by atoms with Gasteiger partial charge >= 0.3 is 6.03 Å². The Morgan fingerprint density at radius 1 is 1.24 bits per heavy atom. The van der Waals surface area contributed by atoms with E-state index in [-0.39, 0.29) is 12.1 Å². The molecule has 0 radical (unpaired) electrons. The Labute approximate surface area is 151 Å². The van der Waals surface area contributed by atoms with Crippen LogP contribution in [-0.4, -0.2) is 48.6 Å². The fraction of sp³-hybridized carbons (Fsp3) is 0.650. The normalized spacial score (nSPS) is 19.2. The topological polar surface area (TPSA) is 47.6 Å². The number of amides is 2. The second kappa shape index (κ2) is 8.19. The van der Waals surface area contributed by atoms with Gasteiger partial charge in [0.25, 0.3) is 0 Å². The summed E-state index contributed by atoms with van der Waals surface area (Å²) in [6, 6.07) is 6.48. The summed E-state index contributed by atoms with van der Waals surface area (Å²) in [4.78, 5) is 17.2. The predicted molar refractivity (Wildman–Crippen MR) is 103 cm³/mol. The smallest absolute Gasteiger partial charge is 0.319 e. The molecule has 1 fully saturated rings. The van der Waals surface area contributed by atoms with Crippen molar-refractivity contribution < 1.29 is 4.79 Å². The first-order valence-corrected chi connectivity index (χ1v) is 9.60. The molecule has 25 heavy (non-hydrogen) atoms. The molecule has 3 rings (SSSR count). The number of carbonyl (C=O) groups excluding carboxylic acids is 1. The molecule has 2 aliphatic heterocycles. The summed E-state index contributed by atoms with van der Waals surface area (Å²) in [6.45, 7) is 9.69.